The number of nitrogens with zero attached hydrogens (tertiary/aromatic N) is 2. The molecule has 0 amide bonds. The van der Waals surface area contributed by atoms with Gasteiger partial charge in [0.15, 0.2) is 5.75 Å². The van der Waals surface area contributed by atoms with Gasteiger partial charge >= 0.3 is 0 Å². The smallest absolute Gasteiger partial charge is 0.162 e. The normalized spacial score (nSPS) is 12.7. The van der Waals surface area contributed by atoms with Crippen molar-refractivity contribution in [2.24, 2.45) is 0 Å². The van der Waals surface area contributed by atoms with E-state index in [0.29, 0.717) is 11.4 Å². The second-order valence-corrected chi connectivity index (χ2v) is 5.09. The summed E-state index contributed by atoms with van der Waals surface area (Å²) < 4.78 is 33.4. The minimum atomic E-state index is -0.996. The number of rotatable bonds is 5. The molecule has 1 aromatic carbocycles. The van der Waals surface area contributed by atoms with Crippen LogP contribution in [0.25, 0.3) is 0 Å². The predicted octanol–water partition coefficient (Wildman–Crippen LogP) is 3.03. The minimum Gasteiger partial charge on any atom is -0.493 e. The Labute approximate surface area is 122 Å². The summed E-state index contributed by atoms with van der Waals surface area (Å²) in [5.74, 6) is -0.877. The number of benzene rings is 1. The molecule has 21 heavy (non-hydrogen) atoms. The Hall–Kier alpha value is -1.95. The fourth-order valence-electron chi connectivity index (χ4n) is 2.23. The Bertz CT molecular complexity index is 626. The van der Waals surface area contributed by atoms with E-state index in [-0.39, 0.29) is 18.0 Å². The lowest BCUT2D eigenvalue weighted by Crippen LogP contribution is -2.14. The second kappa shape index (κ2) is 6.22. The zero-order valence-electron chi connectivity index (χ0n) is 12.2. The number of aliphatic hydroxyl groups excluding tert-OH is 1. The molecular weight excluding hydrogens is 278 g/mol. The standard InChI is InChI=1S/C15H18F2N2O2/c1-9(2)19-15(14(21-3)8-18-19)13(20)6-10-4-5-11(16)7-12(10)17/h4-5,7-9,13,20H,6H2,1-3H3. The van der Waals surface area contributed by atoms with Crippen molar-refractivity contribution in [3.63, 3.8) is 0 Å². The average molecular weight is 296 g/mol. The van der Waals surface area contributed by atoms with Crippen molar-refractivity contribution in [1.29, 1.82) is 0 Å². The van der Waals surface area contributed by atoms with E-state index in [2.05, 4.69) is 5.10 Å². The lowest BCUT2D eigenvalue weighted by atomic mass is 10.0. The van der Waals surface area contributed by atoms with Gasteiger partial charge in [-0.2, -0.15) is 5.10 Å². The molecule has 0 aliphatic carbocycles. The van der Waals surface area contributed by atoms with Crippen LogP contribution in [0.4, 0.5) is 8.78 Å². The summed E-state index contributed by atoms with van der Waals surface area (Å²) in [6, 6.07) is 3.33. The molecule has 0 saturated heterocycles. The highest BCUT2D eigenvalue weighted by atomic mass is 19.1. The molecular formula is C15H18F2N2O2. The summed E-state index contributed by atoms with van der Waals surface area (Å²) in [5, 5.41) is 14.6. The molecule has 0 bridgehead atoms. The number of aromatic nitrogens is 2. The van der Waals surface area contributed by atoms with Gasteiger partial charge in [0, 0.05) is 18.5 Å². The molecule has 2 aromatic rings. The molecule has 1 atom stereocenters. The first kappa shape index (κ1) is 15.4. The summed E-state index contributed by atoms with van der Waals surface area (Å²) in [5.41, 5.74) is 0.721. The number of hydrogen-bond acceptors (Lipinski definition) is 3. The third kappa shape index (κ3) is 3.21. The summed E-state index contributed by atoms with van der Waals surface area (Å²) in [7, 11) is 1.48. The van der Waals surface area contributed by atoms with Gasteiger partial charge in [-0.25, -0.2) is 8.78 Å². The molecule has 4 nitrogen and oxygen atoms in total. The molecule has 0 fully saturated rings. The Morgan fingerprint density at radius 1 is 1.33 bits per heavy atom. The maximum Gasteiger partial charge on any atom is 0.162 e. The Balaban J connectivity index is 2.31. The molecule has 1 N–H and O–H groups in total. The summed E-state index contributed by atoms with van der Waals surface area (Å²) in [6.45, 7) is 3.84. The van der Waals surface area contributed by atoms with Gasteiger partial charge in [-0.15, -0.1) is 0 Å². The third-order valence-corrected chi connectivity index (χ3v) is 3.25. The largest absolute Gasteiger partial charge is 0.493 e. The Kier molecular flexibility index (Phi) is 4.57. The van der Waals surface area contributed by atoms with Crippen LogP contribution in [0.3, 0.4) is 0 Å². The monoisotopic (exact) mass is 296 g/mol. The molecule has 0 spiro atoms. The lowest BCUT2D eigenvalue weighted by Gasteiger charge is -2.17. The van der Waals surface area contributed by atoms with Crippen molar-refractivity contribution in [1.82, 2.24) is 9.78 Å². The van der Waals surface area contributed by atoms with Crippen molar-refractivity contribution < 1.29 is 18.6 Å². The van der Waals surface area contributed by atoms with Gasteiger partial charge in [0.1, 0.15) is 23.4 Å². The van der Waals surface area contributed by atoms with Crippen LogP contribution in [0.5, 0.6) is 5.75 Å². The van der Waals surface area contributed by atoms with E-state index in [4.69, 9.17) is 4.74 Å². The first-order chi connectivity index (χ1) is 9.93. The van der Waals surface area contributed by atoms with E-state index in [1.165, 1.54) is 25.4 Å². The quantitative estimate of drug-likeness (QED) is 0.922. The van der Waals surface area contributed by atoms with Gasteiger partial charge in [-0.1, -0.05) is 6.07 Å². The van der Waals surface area contributed by atoms with Crippen LogP contribution in [-0.2, 0) is 6.42 Å². The minimum absolute atomic E-state index is 0.0148. The average Bonchev–Trinajstić information content (AvgIpc) is 2.86. The lowest BCUT2D eigenvalue weighted by molar-refractivity contribution is 0.159. The number of hydrogen-bond donors (Lipinski definition) is 1. The number of aliphatic hydroxyl groups is 1. The summed E-state index contributed by atoms with van der Waals surface area (Å²) in [4.78, 5) is 0. The fraction of sp³-hybridized carbons (Fsp3) is 0.400. The first-order valence-electron chi connectivity index (χ1n) is 6.67. The van der Waals surface area contributed by atoms with Gasteiger partial charge in [0.2, 0.25) is 0 Å². The predicted molar refractivity (Wildman–Crippen MR) is 74.2 cm³/mol. The van der Waals surface area contributed by atoms with Crippen LogP contribution in [0.15, 0.2) is 24.4 Å². The molecule has 6 heteroatoms. The maximum absolute atomic E-state index is 13.7. The molecule has 114 valence electrons. The van der Waals surface area contributed by atoms with Crippen LogP contribution < -0.4 is 4.74 Å². The van der Waals surface area contributed by atoms with Gasteiger partial charge in [-0.3, -0.25) is 4.68 Å². The fourth-order valence-corrected chi connectivity index (χ4v) is 2.23. The second-order valence-electron chi connectivity index (χ2n) is 5.09. The van der Waals surface area contributed by atoms with Crippen LogP contribution in [0.1, 0.15) is 37.3 Å². The van der Waals surface area contributed by atoms with Crippen molar-refractivity contribution in [2.75, 3.05) is 7.11 Å². The number of methoxy groups -OCH3 is 1. The van der Waals surface area contributed by atoms with Crippen molar-refractivity contribution >= 4 is 0 Å². The number of ether oxygens (including phenoxy) is 1. The maximum atomic E-state index is 13.7. The molecule has 0 radical (unpaired) electrons. The zero-order valence-corrected chi connectivity index (χ0v) is 12.2. The van der Waals surface area contributed by atoms with Gasteiger partial charge in [0.05, 0.1) is 13.3 Å². The van der Waals surface area contributed by atoms with Gasteiger partial charge in [-0.05, 0) is 25.5 Å². The topological polar surface area (TPSA) is 47.3 Å². The molecule has 0 aliphatic rings. The van der Waals surface area contributed by atoms with E-state index in [1.807, 2.05) is 13.8 Å². The number of halogens is 2. The Morgan fingerprint density at radius 3 is 2.62 bits per heavy atom. The van der Waals surface area contributed by atoms with Crippen molar-refractivity contribution in [3.05, 3.63) is 47.3 Å². The van der Waals surface area contributed by atoms with E-state index < -0.39 is 17.7 Å². The molecule has 1 heterocycles. The van der Waals surface area contributed by atoms with E-state index in [0.717, 1.165) is 6.07 Å². The zero-order chi connectivity index (χ0) is 15.6. The van der Waals surface area contributed by atoms with E-state index in [9.17, 15) is 13.9 Å². The highest BCUT2D eigenvalue weighted by molar-refractivity contribution is 5.30. The van der Waals surface area contributed by atoms with Crippen LogP contribution in [-0.4, -0.2) is 22.0 Å². The SMILES string of the molecule is COc1cnn(C(C)C)c1C(O)Cc1ccc(F)cc1F. The van der Waals surface area contributed by atoms with Crippen LogP contribution in [0, 0.1) is 11.6 Å². The molecule has 2 rings (SSSR count). The van der Waals surface area contributed by atoms with E-state index >= 15 is 0 Å². The molecule has 0 aliphatic heterocycles. The van der Waals surface area contributed by atoms with Gasteiger partial charge in [0.25, 0.3) is 0 Å². The summed E-state index contributed by atoms with van der Waals surface area (Å²) in [6.07, 6.45) is 0.533. The van der Waals surface area contributed by atoms with Crippen molar-refractivity contribution in [2.45, 2.75) is 32.4 Å². The van der Waals surface area contributed by atoms with Crippen LogP contribution >= 0.6 is 0 Å². The Morgan fingerprint density at radius 2 is 2.05 bits per heavy atom. The van der Waals surface area contributed by atoms with Crippen molar-refractivity contribution in [3.8, 4) is 5.75 Å². The van der Waals surface area contributed by atoms with Gasteiger partial charge < -0.3 is 9.84 Å². The van der Waals surface area contributed by atoms with E-state index in [1.54, 1.807) is 4.68 Å². The molecule has 1 unspecified atom stereocenters. The first-order valence-corrected chi connectivity index (χ1v) is 6.67. The third-order valence-electron chi connectivity index (χ3n) is 3.25. The highest BCUT2D eigenvalue weighted by Gasteiger charge is 2.22. The molecule has 1 aromatic heterocycles. The summed E-state index contributed by atoms with van der Waals surface area (Å²) >= 11 is 0. The molecule has 0 saturated carbocycles. The highest BCUT2D eigenvalue weighted by Crippen LogP contribution is 2.30. The van der Waals surface area contributed by atoms with Crippen LogP contribution in [0.2, 0.25) is 0 Å².